The Morgan fingerprint density at radius 1 is 1.56 bits per heavy atom. The molecule has 0 bridgehead atoms. The summed E-state index contributed by atoms with van der Waals surface area (Å²) in [4.78, 5) is 3.81. The summed E-state index contributed by atoms with van der Waals surface area (Å²) < 4.78 is 12.9. The standard InChI is InChI=1S/C12H17FN2O/c1-9(10-5-11(13)7-14-6-10)15-8-12(16)3-2-4-12/h5-7,9,15-16H,2-4,8H2,1H3. The Kier molecular flexibility index (Phi) is 3.21. The molecule has 2 N–H and O–H groups in total. The molecule has 0 radical (unpaired) electrons. The zero-order valence-corrected chi connectivity index (χ0v) is 9.41. The van der Waals surface area contributed by atoms with Crippen LogP contribution in [0.5, 0.6) is 0 Å². The van der Waals surface area contributed by atoms with Crippen LogP contribution in [0.4, 0.5) is 4.39 Å². The van der Waals surface area contributed by atoms with Crippen LogP contribution in [-0.4, -0.2) is 22.2 Å². The van der Waals surface area contributed by atoms with Crippen LogP contribution in [0.1, 0.15) is 37.8 Å². The molecular weight excluding hydrogens is 207 g/mol. The summed E-state index contributed by atoms with van der Waals surface area (Å²) in [6.07, 6.45) is 5.64. The zero-order valence-electron chi connectivity index (χ0n) is 9.41. The van der Waals surface area contributed by atoms with E-state index in [4.69, 9.17) is 0 Å². The van der Waals surface area contributed by atoms with Gasteiger partial charge in [-0.05, 0) is 37.8 Å². The van der Waals surface area contributed by atoms with Crippen LogP contribution in [0, 0.1) is 5.82 Å². The van der Waals surface area contributed by atoms with Crippen molar-refractivity contribution in [3.8, 4) is 0 Å². The molecular formula is C12H17FN2O. The van der Waals surface area contributed by atoms with Crippen LogP contribution in [0.15, 0.2) is 18.5 Å². The smallest absolute Gasteiger partial charge is 0.141 e. The van der Waals surface area contributed by atoms with Gasteiger partial charge in [0.2, 0.25) is 0 Å². The second-order valence-corrected chi connectivity index (χ2v) is 4.62. The van der Waals surface area contributed by atoms with Gasteiger partial charge in [-0.2, -0.15) is 0 Å². The highest BCUT2D eigenvalue weighted by atomic mass is 19.1. The van der Waals surface area contributed by atoms with E-state index in [2.05, 4.69) is 10.3 Å². The van der Waals surface area contributed by atoms with Gasteiger partial charge in [-0.3, -0.25) is 4.98 Å². The van der Waals surface area contributed by atoms with Gasteiger partial charge in [0.1, 0.15) is 5.82 Å². The molecule has 4 heteroatoms. The lowest BCUT2D eigenvalue weighted by Crippen LogP contribution is -2.46. The van der Waals surface area contributed by atoms with Crippen LogP contribution in [0.3, 0.4) is 0 Å². The minimum atomic E-state index is -0.547. The fourth-order valence-electron chi connectivity index (χ4n) is 1.89. The van der Waals surface area contributed by atoms with E-state index < -0.39 is 5.60 Å². The average molecular weight is 224 g/mol. The van der Waals surface area contributed by atoms with Crippen LogP contribution < -0.4 is 5.32 Å². The van der Waals surface area contributed by atoms with E-state index >= 15 is 0 Å². The van der Waals surface area contributed by atoms with Gasteiger partial charge in [0, 0.05) is 18.8 Å². The quantitative estimate of drug-likeness (QED) is 0.819. The number of hydrogen-bond acceptors (Lipinski definition) is 3. The Morgan fingerprint density at radius 2 is 2.31 bits per heavy atom. The number of aliphatic hydroxyl groups is 1. The third kappa shape index (κ3) is 2.57. The highest BCUT2D eigenvalue weighted by Gasteiger charge is 2.34. The largest absolute Gasteiger partial charge is 0.389 e. The van der Waals surface area contributed by atoms with Gasteiger partial charge in [0.25, 0.3) is 0 Å². The van der Waals surface area contributed by atoms with Crippen LogP contribution in [-0.2, 0) is 0 Å². The maximum absolute atomic E-state index is 12.9. The molecule has 1 aliphatic rings. The molecule has 1 heterocycles. The van der Waals surface area contributed by atoms with Crippen LogP contribution in [0.25, 0.3) is 0 Å². The number of hydrogen-bond donors (Lipinski definition) is 2. The summed E-state index contributed by atoms with van der Waals surface area (Å²) in [7, 11) is 0. The Morgan fingerprint density at radius 3 is 2.88 bits per heavy atom. The van der Waals surface area contributed by atoms with Crippen molar-refractivity contribution in [3.05, 3.63) is 29.8 Å². The second kappa shape index (κ2) is 4.47. The average Bonchev–Trinajstić information content (AvgIpc) is 2.23. The first-order chi connectivity index (χ1) is 7.59. The predicted octanol–water partition coefficient (Wildman–Crippen LogP) is 1.79. The van der Waals surface area contributed by atoms with Gasteiger partial charge in [-0.25, -0.2) is 4.39 Å². The number of nitrogens with one attached hydrogen (secondary N) is 1. The van der Waals surface area contributed by atoms with E-state index in [9.17, 15) is 9.50 Å². The molecule has 0 aromatic carbocycles. The van der Waals surface area contributed by atoms with Gasteiger partial charge in [-0.15, -0.1) is 0 Å². The molecule has 16 heavy (non-hydrogen) atoms. The van der Waals surface area contributed by atoms with Crippen LogP contribution >= 0.6 is 0 Å². The summed E-state index contributed by atoms with van der Waals surface area (Å²) in [5.41, 5.74) is 0.262. The number of nitrogens with zero attached hydrogens (tertiary/aromatic N) is 1. The lowest BCUT2D eigenvalue weighted by molar-refractivity contribution is -0.0329. The van der Waals surface area contributed by atoms with E-state index in [1.54, 1.807) is 6.20 Å². The molecule has 1 saturated carbocycles. The third-order valence-electron chi connectivity index (χ3n) is 3.25. The summed E-state index contributed by atoms with van der Waals surface area (Å²) in [6.45, 7) is 2.50. The van der Waals surface area contributed by atoms with Crippen molar-refractivity contribution in [2.75, 3.05) is 6.54 Å². The Hall–Kier alpha value is -1.00. The van der Waals surface area contributed by atoms with Crippen molar-refractivity contribution in [2.24, 2.45) is 0 Å². The Bertz CT molecular complexity index is 366. The lowest BCUT2D eigenvalue weighted by atomic mass is 9.80. The van der Waals surface area contributed by atoms with Crippen molar-refractivity contribution in [1.82, 2.24) is 10.3 Å². The van der Waals surface area contributed by atoms with Crippen LogP contribution in [0.2, 0.25) is 0 Å². The monoisotopic (exact) mass is 224 g/mol. The fourth-order valence-corrected chi connectivity index (χ4v) is 1.89. The molecule has 0 amide bonds. The summed E-state index contributed by atoms with van der Waals surface area (Å²) in [5.74, 6) is -0.325. The molecule has 0 spiro atoms. The Balaban J connectivity index is 1.90. The topological polar surface area (TPSA) is 45.1 Å². The number of rotatable bonds is 4. The van der Waals surface area contributed by atoms with Gasteiger partial charge in [0.05, 0.1) is 11.8 Å². The molecule has 2 rings (SSSR count). The molecule has 0 aliphatic heterocycles. The van der Waals surface area contributed by atoms with Crippen molar-refractivity contribution < 1.29 is 9.50 Å². The summed E-state index contributed by atoms with van der Waals surface area (Å²) in [5, 5.41) is 13.1. The summed E-state index contributed by atoms with van der Waals surface area (Å²) >= 11 is 0. The summed E-state index contributed by atoms with van der Waals surface area (Å²) in [6, 6.07) is 1.47. The first-order valence-electron chi connectivity index (χ1n) is 5.65. The normalized spacial score (nSPS) is 20.2. The molecule has 3 nitrogen and oxygen atoms in total. The zero-order chi connectivity index (χ0) is 11.6. The molecule has 1 aliphatic carbocycles. The van der Waals surface area contributed by atoms with Gasteiger partial charge >= 0.3 is 0 Å². The number of halogens is 1. The van der Waals surface area contributed by atoms with Crippen molar-refractivity contribution in [3.63, 3.8) is 0 Å². The number of aromatic nitrogens is 1. The third-order valence-corrected chi connectivity index (χ3v) is 3.25. The molecule has 1 aromatic rings. The molecule has 1 aromatic heterocycles. The van der Waals surface area contributed by atoms with Crippen molar-refractivity contribution >= 4 is 0 Å². The first-order valence-corrected chi connectivity index (χ1v) is 5.65. The van der Waals surface area contributed by atoms with Crippen molar-refractivity contribution in [1.29, 1.82) is 0 Å². The molecule has 88 valence electrons. The highest BCUT2D eigenvalue weighted by Crippen LogP contribution is 2.31. The highest BCUT2D eigenvalue weighted by molar-refractivity contribution is 5.14. The maximum Gasteiger partial charge on any atom is 0.141 e. The molecule has 0 saturated heterocycles. The van der Waals surface area contributed by atoms with E-state index in [1.165, 1.54) is 12.3 Å². The van der Waals surface area contributed by atoms with Gasteiger partial charge in [-0.1, -0.05) is 0 Å². The predicted molar refractivity (Wildman–Crippen MR) is 59.4 cm³/mol. The van der Waals surface area contributed by atoms with E-state index in [1.807, 2.05) is 6.92 Å². The minimum Gasteiger partial charge on any atom is -0.389 e. The number of pyridine rings is 1. The van der Waals surface area contributed by atoms with Gasteiger partial charge in [0.15, 0.2) is 0 Å². The SMILES string of the molecule is CC(NCC1(O)CCC1)c1cncc(F)c1. The van der Waals surface area contributed by atoms with E-state index in [-0.39, 0.29) is 11.9 Å². The lowest BCUT2D eigenvalue weighted by Gasteiger charge is -2.37. The maximum atomic E-state index is 12.9. The van der Waals surface area contributed by atoms with Crippen molar-refractivity contribution in [2.45, 2.75) is 37.8 Å². The first kappa shape index (κ1) is 11.5. The molecule has 1 unspecified atom stereocenters. The van der Waals surface area contributed by atoms with Gasteiger partial charge < -0.3 is 10.4 Å². The second-order valence-electron chi connectivity index (χ2n) is 4.62. The Labute approximate surface area is 94.7 Å². The molecule has 1 fully saturated rings. The minimum absolute atomic E-state index is 0.00725. The fraction of sp³-hybridized carbons (Fsp3) is 0.583. The van der Waals surface area contributed by atoms with E-state index in [0.29, 0.717) is 6.54 Å². The molecule has 1 atom stereocenters. The van der Waals surface area contributed by atoms with E-state index in [0.717, 1.165) is 24.8 Å².